The van der Waals surface area contributed by atoms with Gasteiger partial charge in [0, 0.05) is 38.1 Å². The van der Waals surface area contributed by atoms with E-state index in [1.807, 2.05) is 17.0 Å². The number of carbonyl (C=O) groups excluding carboxylic acids is 1. The predicted molar refractivity (Wildman–Crippen MR) is 98.3 cm³/mol. The average molecular weight is 373 g/mol. The summed E-state index contributed by atoms with van der Waals surface area (Å²) in [6.07, 6.45) is 6.84. The molecule has 1 saturated heterocycles. The molecule has 0 aromatic carbocycles. The topological polar surface area (TPSA) is 96.3 Å². The molecule has 4 rings (SSSR count). The number of aromatic amines is 1. The number of rotatable bonds is 8. The number of amides is 2. The molecular weight excluding hydrogens is 346 g/mol. The van der Waals surface area contributed by atoms with E-state index >= 15 is 0 Å². The highest BCUT2D eigenvalue weighted by atomic mass is 16.5. The third-order valence-corrected chi connectivity index (χ3v) is 5.12. The summed E-state index contributed by atoms with van der Waals surface area (Å²) >= 11 is 0. The lowest BCUT2D eigenvalue weighted by Crippen LogP contribution is -2.45. The molecule has 8 nitrogen and oxygen atoms in total. The van der Waals surface area contributed by atoms with Crippen molar-refractivity contribution in [2.45, 2.75) is 50.5 Å². The van der Waals surface area contributed by atoms with Crippen LogP contribution in [0.15, 0.2) is 22.8 Å². The van der Waals surface area contributed by atoms with Gasteiger partial charge in [0.05, 0.1) is 6.26 Å². The van der Waals surface area contributed by atoms with Gasteiger partial charge in [0.15, 0.2) is 5.82 Å². The Morgan fingerprint density at radius 3 is 3.11 bits per heavy atom. The highest BCUT2D eigenvalue weighted by molar-refractivity contribution is 5.74. The summed E-state index contributed by atoms with van der Waals surface area (Å²) in [6.45, 7) is 3.13. The molecule has 1 aliphatic carbocycles. The maximum absolute atomic E-state index is 12.4. The molecule has 3 heterocycles. The van der Waals surface area contributed by atoms with E-state index in [2.05, 4.69) is 20.5 Å². The van der Waals surface area contributed by atoms with Crippen molar-refractivity contribution in [1.82, 2.24) is 25.4 Å². The maximum atomic E-state index is 12.4. The van der Waals surface area contributed by atoms with Crippen molar-refractivity contribution in [3.8, 4) is 0 Å². The number of urea groups is 1. The SMILES string of the molecule is O=C(NCCCOCc1ccco1)N1CCC[C@@H](c2n[nH]c(C3CC3)n2)C1. The number of likely N-dealkylation sites (tertiary alicyclic amines) is 1. The lowest BCUT2D eigenvalue weighted by atomic mass is 9.97. The van der Waals surface area contributed by atoms with Gasteiger partial charge in [0.1, 0.15) is 18.2 Å². The molecular formula is C19H27N5O3. The zero-order valence-corrected chi connectivity index (χ0v) is 15.5. The van der Waals surface area contributed by atoms with Crippen molar-refractivity contribution in [3.63, 3.8) is 0 Å². The normalized spacial score (nSPS) is 20.0. The second kappa shape index (κ2) is 8.56. The number of hydrogen-bond acceptors (Lipinski definition) is 5. The van der Waals surface area contributed by atoms with Gasteiger partial charge in [-0.15, -0.1) is 0 Å². The molecule has 0 bridgehead atoms. The summed E-state index contributed by atoms with van der Waals surface area (Å²) in [5, 5.41) is 10.5. The Kier molecular flexibility index (Phi) is 5.72. The molecule has 2 fully saturated rings. The van der Waals surface area contributed by atoms with Crippen molar-refractivity contribution in [1.29, 1.82) is 0 Å². The Balaban J connectivity index is 1.15. The van der Waals surface area contributed by atoms with Crippen LogP contribution in [0.1, 0.15) is 61.3 Å². The van der Waals surface area contributed by atoms with Crippen LogP contribution in [0, 0.1) is 0 Å². The van der Waals surface area contributed by atoms with Crippen LogP contribution in [0.3, 0.4) is 0 Å². The van der Waals surface area contributed by atoms with Crippen LogP contribution in [0.5, 0.6) is 0 Å². The Hall–Kier alpha value is -2.35. The first-order valence-electron chi connectivity index (χ1n) is 9.84. The first-order chi connectivity index (χ1) is 13.3. The van der Waals surface area contributed by atoms with Gasteiger partial charge in [-0.2, -0.15) is 5.10 Å². The van der Waals surface area contributed by atoms with Crippen LogP contribution in [-0.2, 0) is 11.3 Å². The number of furan rings is 1. The van der Waals surface area contributed by atoms with Crippen molar-refractivity contribution in [2.24, 2.45) is 0 Å². The summed E-state index contributed by atoms with van der Waals surface area (Å²) in [5.74, 6) is 3.49. The smallest absolute Gasteiger partial charge is 0.317 e. The molecule has 0 spiro atoms. The molecule has 146 valence electrons. The Labute approximate surface area is 158 Å². The molecule has 0 radical (unpaired) electrons. The highest BCUT2D eigenvalue weighted by Crippen LogP contribution is 2.38. The van der Waals surface area contributed by atoms with Gasteiger partial charge in [0.2, 0.25) is 0 Å². The highest BCUT2D eigenvalue weighted by Gasteiger charge is 2.31. The van der Waals surface area contributed by atoms with E-state index in [1.54, 1.807) is 6.26 Å². The number of nitrogens with one attached hydrogen (secondary N) is 2. The van der Waals surface area contributed by atoms with Gasteiger partial charge in [-0.1, -0.05) is 0 Å². The minimum absolute atomic E-state index is 0.0105. The fraction of sp³-hybridized carbons (Fsp3) is 0.632. The first kappa shape index (κ1) is 18.0. The van der Waals surface area contributed by atoms with Crippen LogP contribution in [0.4, 0.5) is 4.79 Å². The summed E-state index contributed by atoms with van der Waals surface area (Å²) in [7, 11) is 0. The molecule has 2 aromatic rings. The number of piperidine rings is 1. The molecule has 1 atom stereocenters. The number of hydrogen-bond donors (Lipinski definition) is 2. The molecule has 2 aliphatic rings. The number of ether oxygens (including phenoxy) is 1. The number of carbonyl (C=O) groups is 1. The summed E-state index contributed by atoms with van der Waals surface area (Å²) in [6, 6.07) is 3.72. The van der Waals surface area contributed by atoms with Crippen molar-refractivity contribution in [3.05, 3.63) is 35.8 Å². The Bertz CT molecular complexity index is 726. The number of aromatic nitrogens is 3. The predicted octanol–water partition coefficient (Wildman–Crippen LogP) is 2.77. The second-order valence-corrected chi connectivity index (χ2v) is 7.36. The van der Waals surface area contributed by atoms with Gasteiger partial charge in [-0.25, -0.2) is 9.78 Å². The summed E-state index contributed by atoms with van der Waals surface area (Å²) < 4.78 is 10.7. The van der Waals surface area contributed by atoms with E-state index in [-0.39, 0.29) is 11.9 Å². The zero-order valence-electron chi connectivity index (χ0n) is 15.5. The van der Waals surface area contributed by atoms with Gasteiger partial charge < -0.3 is 19.4 Å². The standard InChI is InChI=1S/C19H27N5O3/c25-19(20-8-3-10-26-13-16-5-2-11-27-16)24-9-1-4-15(12-24)18-21-17(22-23-18)14-6-7-14/h2,5,11,14-15H,1,3-4,6-10,12-13H2,(H,20,25)(H,21,22,23)/t15-/m1/s1. The number of H-pyrrole nitrogens is 1. The monoisotopic (exact) mass is 373 g/mol. The fourth-order valence-electron chi connectivity index (χ4n) is 3.43. The van der Waals surface area contributed by atoms with Gasteiger partial charge in [-0.3, -0.25) is 5.10 Å². The van der Waals surface area contributed by atoms with Crippen molar-refractivity contribution >= 4 is 6.03 Å². The van der Waals surface area contributed by atoms with Crippen LogP contribution >= 0.6 is 0 Å². The van der Waals surface area contributed by atoms with Crippen LogP contribution < -0.4 is 5.32 Å². The van der Waals surface area contributed by atoms with Crippen molar-refractivity contribution in [2.75, 3.05) is 26.2 Å². The lowest BCUT2D eigenvalue weighted by molar-refractivity contribution is 0.104. The molecule has 0 unspecified atom stereocenters. The maximum Gasteiger partial charge on any atom is 0.317 e. The third kappa shape index (κ3) is 4.88. The summed E-state index contributed by atoms with van der Waals surface area (Å²) in [5.41, 5.74) is 0. The quantitative estimate of drug-likeness (QED) is 0.694. The summed E-state index contributed by atoms with van der Waals surface area (Å²) in [4.78, 5) is 19.0. The molecule has 8 heteroatoms. The second-order valence-electron chi connectivity index (χ2n) is 7.36. The zero-order chi connectivity index (χ0) is 18.5. The molecule has 27 heavy (non-hydrogen) atoms. The molecule has 1 saturated carbocycles. The van der Waals surface area contributed by atoms with Gasteiger partial charge >= 0.3 is 6.03 Å². The molecule has 1 aliphatic heterocycles. The fourth-order valence-corrected chi connectivity index (χ4v) is 3.43. The van der Waals surface area contributed by atoms with E-state index < -0.39 is 0 Å². The minimum atomic E-state index is -0.0105. The Morgan fingerprint density at radius 2 is 2.30 bits per heavy atom. The minimum Gasteiger partial charge on any atom is -0.467 e. The van der Waals surface area contributed by atoms with Crippen LogP contribution in [0.25, 0.3) is 0 Å². The van der Waals surface area contributed by atoms with Crippen LogP contribution in [0.2, 0.25) is 0 Å². The van der Waals surface area contributed by atoms with E-state index in [4.69, 9.17) is 9.15 Å². The Morgan fingerprint density at radius 1 is 1.37 bits per heavy atom. The van der Waals surface area contributed by atoms with Gasteiger partial charge in [0.25, 0.3) is 0 Å². The lowest BCUT2D eigenvalue weighted by Gasteiger charge is -2.31. The van der Waals surface area contributed by atoms with Crippen molar-refractivity contribution < 1.29 is 13.9 Å². The molecule has 2 N–H and O–H groups in total. The average Bonchev–Trinajstić information content (AvgIpc) is 3.20. The molecule has 2 aromatic heterocycles. The van der Waals surface area contributed by atoms with E-state index in [0.717, 1.165) is 43.2 Å². The number of nitrogens with zero attached hydrogens (tertiary/aromatic N) is 3. The van der Waals surface area contributed by atoms with E-state index in [0.29, 0.717) is 32.2 Å². The molecule has 2 amide bonds. The van der Waals surface area contributed by atoms with Crippen LogP contribution in [-0.4, -0.2) is 52.4 Å². The van der Waals surface area contributed by atoms with E-state index in [1.165, 1.54) is 12.8 Å². The van der Waals surface area contributed by atoms with E-state index in [9.17, 15) is 4.79 Å². The third-order valence-electron chi connectivity index (χ3n) is 5.12. The van der Waals surface area contributed by atoms with Gasteiger partial charge in [-0.05, 0) is 44.2 Å². The first-order valence-corrected chi connectivity index (χ1v) is 9.84. The largest absolute Gasteiger partial charge is 0.467 e.